The molecule has 4 rings (SSSR count). The highest BCUT2D eigenvalue weighted by atomic mass is 32.2. The lowest BCUT2D eigenvalue weighted by molar-refractivity contribution is 0.150. The van der Waals surface area contributed by atoms with Crippen molar-refractivity contribution in [1.82, 2.24) is 9.21 Å². The molecule has 0 aromatic heterocycles. The van der Waals surface area contributed by atoms with Crippen LogP contribution < -0.4 is 4.74 Å². The Morgan fingerprint density at radius 3 is 2.62 bits per heavy atom. The Labute approximate surface area is 153 Å². The van der Waals surface area contributed by atoms with Gasteiger partial charge in [0.25, 0.3) is 0 Å². The highest BCUT2D eigenvalue weighted by Gasteiger charge is 2.46. The lowest BCUT2D eigenvalue weighted by atomic mass is 10.1. The van der Waals surface area contributed by atoms with Crippen LogP contribution in [0.2, 0.25) is 0 Å². The maximum absolute atomic E-state index is 13.0. The standard InChI is InChI=1S/C19H20N2O4S/c1-20-12-14-10-15(8-9-18(14)25-19(20)22)26(23,24)21(2)17-11-16(17)13-6-4-3-5-7-13/h3-10,16-17H,11-12H2,1-2H3. The number of benzene rings is 2. The van der Waals surface area contributed by atoms with Crippen molar-refractivity contribution in [3.05, 3.63) is 59.7 Å². The Morgan fingerprint density at radius 1 is 1.15 bits per heavy atom. The van der Waals surface area contributed by atoms with E-state index in [1.54, 1.807) is 26.2 Å². The van der Waals surface area contributed by atoms with Crippen molar-refractivity contribution in [1.29, 1.82) is 0 Å². The second kappa shape index (κ2) is 6.10. The van der Waals surface area contributed by atoms with E-state index in [4.69, 9.17) is 4.74 Å². The highest BCUT2D eigenvalue weighted by Crippen LogP contribution is 2.46. The molecule has 6 nitrogen and oxygen atoms in total. The number of rotatable bonds is 4. The van der Waals surface area contributed by atoms with Crippen LogP contribution >= 0.6 is 0 Å². The normalized spacial score (nSPS) is 22.1. The van der Waals surface area contributed by atoms with E-state index >= 15 is 0 Å². The number of fused-ring (bicyclic) bond motifs is 1. The zero-order chi connectivity index (χ0) is 18.5. The predicted octanol–water partition coefficient (Wildman–Crippen LogP) is 2.81. The van der Waals surface area contributed by atoms with Gasteiger partial charge in [0.2, 0.25) is 10.0 Å². The molecule has 1 amide bonds. The van der Waals surface area contributed by atoms with E-state index < -0.39 is 16.1 Å². The van der Waals surface area contributed by atoms with E-state index in [1.807, 2.05) is 30.3 Å². The molecular formula is C19H20N2O4S. The van der Waals surface area contributed by atoms with Gasteiger partial charge in [-0.1, -0.05) is 30.3 Å². The third kappa shape index (κ3) is 2.87. The fourth-order valence-electron chi connectivity index (χ4n) is 3.42. The van der Waals surface area contributed by atoms with Gasteiger partial charge >= 0.3 is 6.09 Å². The van der Waals surface area contributed by atoms with Crippen LogP contribution in [0.4, 0.5) is 4.79 Å². The lowest BCUT2D eigenvalue weighted by Gasteiger charge is -2.25. The summed E-state index contributed by atoms with van der Waals surface area (Å²) in [5, 5.41) is 0. The smallest absolute Gasteiger partial charge is 0.410 e. The van der Waals surface area contributed by atoms with Gasteiger partial charge in [-0.25, -0.2) is 13.2 Å². The Kier molecular flexibility index (Phi) is 4.00. The summed E-state index contributed by atoms with van der Waals surface area (Å²) in [5.74, 6) is 0.656. The quantitative estimate of drug-likeness (QED) is 0.828. The molecule has 1 fully saturated rings. The predicted molar refractivity (Wildman–Crippen MR) is 96.5 cm³/mol. The minimum Gasteiger partial charge on any atom is -0.410 e. The second-order valence-electron chi connectivity index (χ2n) is 6.84. The topological polar surface area (TPSA) is 66.9 Å². The van der Waals surface area contributed by atoms with Gasteiger partial charge in [0, 0.05) is 31.6 Å². The third-order valence-electron chi connectivity index (χ3n) is 5.08. The molecule has 2 atom stereocenters. The summed E-state index contributed by atoms with van der Waals surface area (Å²) in [6, 6.07) is 14.6. The number of ether oxygens (including phenoxy) is 1. The first kappa shape index (κ1) is 17.1. The highest BCUT2D eigenvalue weighted by molar-refractivity contribution is 7.89. The minimum atomic E-state index is -3.61. The van der Waals surface area contributed by atoms with Crippen molar-refractivity contribution in [2.45, 2.75) is 29.8 Å². The molecule has 2 aromatic carbocycles. The summed E-state index contributed by atoms with van der Waals surface area (Å²) in [6.45, 7) is 0.331. The Morgan fingerprint density at radius 2 is 1.88 bits per heavy atom. The van der Waals surface area contributed by atoms with Crippen molar-refractivity contribution in [2.24, 2.45) is 0 Å². The molecule has 1 heterocycles. The van der Waals surface area contributed by atoms with Crippen molar-refractivity contribution in [3.8, 4) is 5.75 Å². The van der Waals surface area contributed by atoms with E-state index in [0.29, 0.717) is 17.9 Å². The number of hydrogen-bond acceptors (Lipinski definition) is 4. The van der Waals surface area contributed by atoms with E-state index in [9.17, 15) is 13.2 Å². The molecule has 0 radical (unpaired) electrons. The van der Waals surface area contributed by atoms with Crippen LogP contribution in [0, 0.1) is 0 Å². The Bertz CT molecular complexity index is 959. The van der Waals surface area contributed by atoms with E-state index in [2.05, 4.69) is 0 Å². The first-order valence-corrected chi connectivity index (χ1v) is 9.91. The van der Waals surface area contributed by atoms with Gasteiger partial charge < -0.3 is 9.64 Å². The first-order valence-electron chi connectivity index (χ1n) is 8.47. The maximum atomic E-state index is 13.0. The summed E-state index contributed by atoms with van der Waals surface area (Å²) in [5.41, 5.74) is 1.86. The van der Waals surface area contributed by atoms with Crippen LogP contribution in [0.1, 0.15) is 23.5 Å². The minimum absolute atomic E-state index is 0.0288. The van der Waals surface area contributed by atoms with Gasteiger partial charge in [0.1, 0.15) is 5.75 Å². The number of carbonyl (C=O) groups is 1. The fraction of sp³-hybridized carbons (Fsp3) is 0.316. The molecule has 1 saturated carbocycles. The molecular weight excluding hydrogens is 352 g/mol. The second-order valence-corrected chi connectivity index (χ2v) is 8.83. The Hall–Kier alpha value is -2.38. The van der Waals surface area contributed by atoms with Crippen LogP contribution in [0.5, 0.6) is 5.75 Å². The third-order valence-corrected chi connectivity index (χ3v) is 6.96. The molecule has 2 aromatic rings. The molecule has 0 bridgehead atoms. The number of carbonyl (C=O) groups excluding carboxylic acids is 1. The monoisotopic (exact) mass is 372 g/mol. The van der Waals surface area contributed by atoms with Crippen LogP contribution in [-0.4, -0.2) is 43.9 Å². The summed E-state index contributed by atoms with van der Waals surface area (Å²) < 4.78 is 32.7. The van der Waals surface area contributed by atoms with Crippen LogP contribution in [0.25, 0.3) is 0 Å². The van der Waals surface area contributed by atoms with Gasteiger partial charge in [-0.2, -0.15) is 4.31 Å². The number of likely N-dealkylation sites (N-methyl/N-ethyl adjacent to an activating group) is 1. The lowest BCUT2D eigenvalue weighted by Crippen LogP contribution is -2.34. The molecule has 2 unspecified atom stereocenters. The van der Waals surface area contributed by atoms with E-state index in [0.717, 1.165) is 6.42 Å². The largest absolute Gasteiger partial charge is 0.415 e. The molecule has 136 valence electrons. The summed E-state index contributed by atoms with van der Waals surface area (Å²) in [7, 11) is -0.355. The fourth-order valence-corrected chi connectivity index (χ4v) is 4.87. The van der Waals surface area contributed by atoms with Crippen LogP contribution in [0.15, 0.2) is 53.4 Å². The van der Waals surface area contributed by atoms with Gasteiger partial charge in [-0.05, 0) is 30.2 Å². The zero-order valence-corrected chi connectivity index (χ0v) is 15.4. The molecule has 0 spiro atoms. The van der Waals surface area contributed by atoms with E-state index in [-0.39, 0.29) is 16.9 Å². The Balaban J connectivity index is 1.58. The van der Waals surface area contributed by atoms with Crippen LogP contribution in [0.3, 0.4) is 0 Å². The summed E-state index contributed by atoms with van der Waals surface area (Å²) in [4.78, 5) is 13.2. The molecule has 26 heavy (non-hydrogen) atoms. The molecule has 7 heteroatoms. The average molecular weight is 372 g/mol. The molecule has 0 saturated heterocycles. The average Bonchev–Trinajstić information content (AvgIpc) is 3.43. The zero-order valence-electron chi connectivity index (χ0n) is 14.6. The maximum Gasteiger partial charge on any atom is 0.415 e. The number of hydrogen-bond donors (Lipinski definition) is 0. The SMILES string of the molecule is CN1Cc2cc(S(=O)(=O)N(C)C3CC3c3ccccc3)ccc2OC1=O. The van der Waals surface area contributed by atoms with Gasteiger partial charge in [-0.3, -0.25) is 0 Å². The molecule has 0 N–H and O–H groups in total. The van der Waals surface area contributed by atoms with Gasteiger partial charge in [0.05, 0.1) is 11.4 Å². The summed E-state index contributed by atoms with van der Waals surface area (Å²) >= 11 is 0. The number of amides is 1. The van der Waals surface area contributed by atoms with Crippen LogP contribution in [-0.2, 0) is 16.6 Å². The number of sulfonamides is 1. The van der Waals surface area contributed by atoms with E-state index in [1.165, 1.54) is 20.8 Å². The first-order chi connectivity index (χ1) is 12.4. The molecule has 1 aliphatic carbocycles. The number of nitrogens with zero attached hydrogens (tertiary/aromatic N) is 2. The van der Waals surface area contributed by atoms with Crippen molar-refractivity contribution in [2.75, 3.05) is 14.1 Å². The molecule has 2 aliphatic rings. The van der Waals surface area contributed by atoms with Crippen molar-refractivity contribution < 1.29 is 17.9 Å². The van der Waals surface area contributed by atoms with Crippen molar-refractivity contribution >= 4 is 16.1 Å². The van der Waals surface area contributed by atoms with Crippen molar-refractivity contribution in [3.63, 3.8) is 0 Å². The molecule has 1 aliphatic heterocycles. The van der Waals surface area contributed by atoms with Gasteiger partial charge in [0.15, 0.2) is 0 Å². The van der Waals surface area contributed by atoms with Gasteiger partial charge in [-0.15, -0.1) is 0 Å². The summed E-state index contributed by atoms with van der Waals surface area (Å²) in [6.07, 6.45) is 0.388.